The van der Waals surface area contributed by atoms with Crippen molar-refractivity contribution in [1.29, 1.82) is 0 Å². The van der Waals surface area contributed by atoms with Gasteiger partial charge in [0.25, 0.3) is 0 Å². The maximum atomic E-state index is 13.7. The zero-order chi connectivity index (χ0) is 29.4. The van der Waals surface area contributed by atoms with Gasteiger partial charge in [0.05, 0.1) is 25.3 Å². The molecule has 0 aliphatic heterocycles. The van der Waals surface area contributed by atoms with Crippen LogP contribution in [0.5, 0.6) is 0 Å². The number of carbonyl (C=O) groups excluding carboxylic acids is 2. The Morgan fingerprint density at radius 3 is 1.29 bits per heavy atom. The second-order valence-corrected chi connectivity index (χ2v) is 11.3. The van der Waals surface area contributed by atoms with E-state index in [0.29, 0.717) is 12.8 Å². The number of fused-ring (bicyclic) bond motifs is 3. The molecule has 0 aromatic heterocycles. The van der Waals surface area contributed by atoms with Crippen LogP contribution in [0.2, 0.25) is 0 Å². The van der Waals surface area contributed by atoms with Gasteiger partial charge in [-0.25, -0.2) is 9.59 Å². The third kappa shape index (κ3) is 4.45. The van der Waals surface area contributed by atoms with Crippen molar-refractivity contribution in [2.45, 2.75) is 65.2 Å². The Kier molecular flexibility index (Phi) is 7.72. The standard InChI is InChI=1S/C38H38O4/c1-5-25-27-19-13-14-20-28(27)26(6-2)30-22-32-31(21-29(25)30)33(23-15-9-7-10-16-23)35(37(39)41-3)36(38(40)42-4)34(32)24-17-11-8-12-18-24/h7-12,15-18H,5-6,13-14,19-22H2,1-4H3. The molecule has 2 aliphatic rings. The van der Waals surface area contributed by atoms with Gasteiger partial charge in [-0.1, -0.05) is 74.5 Å². The number of hydrogen-bond donors (Lipinski definition) is 0. The van der Waals surface area contributed by atoms with Gasteiger partial charge < -0.3 is 9.47 Å². The highest BCUT2D eigenvalue weighted by molar-refractivity contribution is 6.13. The molecule has 0 spiro atoms. The van der Waals surface area contributed by atoms with Crippen molar-refractivity contribution >= 4 is 11.9 Å². The van der Waals surface area contributed by atoms with E-state index in [1.807, 2.05) is 60.7 Å². The molecule has 0 amide bonds. The minimum Gasteiger partial charge on any atom is -0.465 e. The van der Waals surface area contributed by atoms with Gasteiger partial charge in [0, 0.05) is 11.1 Å². The highest BCUT2D eigenvalue weighted by Gasteiger charge is 2.37. The largest absolute Gasteiger partial charge is 0.465 e. The summed E-state index contributed by atoms with van der Waals surface area (Å²) in [5.74, 6) is -1.06. The summed E-state index contributed by atoms with van der Waals surface area (Å²) >= 11 is 0. The summed E-state index contributed by atoms with van der Waals surface area (Å²) in [6.45, 7) is 4.55. The number of benzene rings is 4. The molecule has 0 saturated heterocycles. The fourth-order valence-corrected chi connectivity index (χ4v) is 7.64. The number of carbonyl (C=O) groups is 2. The molecule has 0 N–H and O–H groups in total. The smallest absolute Gasteiger partial charge is 0.339 e. The van der Waals surface area contributed by atoms with Crippen LogP contribution in [-0.4, -0.2) is 26.2 Å². The molecule has 2 aliphatic carbocycles. The van der Waals surface area contributed by atoms with Crippen LogP contribution in [0, 0.1) is 0 Å². The van der Waals surface area contributed by atoms with E-state index in [1.54, 1.807) is 11.1 Å². The second kappa shape index (κ2) is 11.6. The molecule has 0 bridgehead atoms. The van der Waals surface area contributed by atoms with Crippen LogP contribution >= 0.6 is 0 Å². The molecule has 0 heterocycles. The molecule has 0 radical (unpaired) electrons. The van der Waals surface area contributed by atoms with E-state index in [4.69, 9.17) is 9.47 Å². The van der Waals surface area contributed by atoms with Gasteiger partial charge in [-0.2, -0.15) is 0 Å². The van der Waals surface area contributed by atoms with Crippen molar-refractivity contribution in [3.63, 3.8) is 0 Å². The van der Waals surface area contributed by atoms with Gasteiger partial charge in [0.2, 0.25) is 0 Å². The summed E-state index contributed by atoms with van der Waals surface area (Å²) in [4.78, 5) is 27.5. The Morgan fingerprint density at radius 1 is 0.571 bits per heavy atom. The zero-order valence-corrected chi connectivity index (χ0v) is 25.1. The van der Waals surface area contributed by atoms with Gasteiger partial charge in [0.1, 0.15) is 0 Å². The minimum absolute atomic E-state index is 0.281. The molecule has 4 aromatic carbocycles. The van der Waals surface area contributed by atoms with Crippen LogP contribution < -0.4 is 0 Å². The SMILES string of the molecule is CCc1c2c(c(CC)c3c1Cc1c(c(-c4ccccc4)c(C(=O)OC)c(C(=O)OC)c1-c1ccccc1)C3)CCCC2. The molecule has 4 heteroatoms. The van der Waals surface area contributed by atoms with Gasteiger partial charge in [-0.15, -0.1) is 0 Å². The molecule has 0 unspecified atom stereocenters. The molecular formula is C38H38O4. The summed E-state index contributed by atoms with van der Waals surface area (Å²) in [7, 11) is 2.76. The van der Waals surface area contributed by atoms with E-state index >= 15 is 0 Å². The summed E-state index contributed by atoms with van der Waals surface area (Å²) in [5, 5.41) is 0. The molecule has 4 aromatic rings. The van der Waals surface area contributed by atoms with Crippen molar-refractivity contribution in [2.75, 3.05) is 14.2 Å². The van der Waals surface area contributed by atoms with E-state index in [9.17, 15) is 9.59 Å². The highest BCUT2D eigenvalue weighted by Crippen LogP contribution is 2.48. The maximum Gasteiger partial charge on any atom is 0.339 e. The first-order valence-electron chi connectivity index (χ1n) is 15.2. The molecule has 0 saturated carbocycles. The average Bonchev–Trinajstić information content (AvgIpc) is 3.05. The molecule has 42 heavy (non-hydrogen) atoms. The van der Waals surface area contributed by atoms with E-state index in [1.165, 1.54) is 49.3 Å². The van der Waals surface area contributed by atoms with Crippen molar-refractivity contribution in [3.05, 3.63) is 116 Å². The highest BCUT2D eigenvalue weighted by atomic mass is 16.5. The first-order chi connectivity index (χ1) is 20.5. The third-order valence-corrected chi connectivity index (χ3v) is 9.33. The number of methoxy groups -OCH3 is 2. The van der Waals surface area contributed by atoms with Crippen molar-refractivity contribution in [2.24, 2.45) is 0 Å². The normalized spacial score (nSPS) is 13.5. The van der Waals surface area contributed by atoms with Crippen LogP contribution in [0.3, 0.4) is 0 Å². The fraction of sp³-hybridized carbons (Fsp3) is 0.316. The quantitative estimate of drug-likeness (QED) is 0.198. The number of rotatable bonds is 6. The Balaban J connectivity index is 1.79. The summed E-state index contributed by atoms with van der Waals surface area (Å²) in [6, 6.07) is 19.9. The second-order valence-electron chi connectivity index (χ2n) is 11.3. The molecule has 0 fully saturated rings. The van der Waals surface area contributed by atoms with E-state index in [-0.39, 0.29) is 11.1 Å². The lowest BCUT2D eigenvalue weighted by atomic mass is 9.69. The van der Waals surface area contributed by atoms with E-state index < -0.39 is 11.9 Å². The molecule has 0 atom stereocenters. The Labute approximate surface area is 248 Å². The number of hydrogen-bond acceptors (Lipinski definition) is 4. The van der Waals surface area contributed by atoms with Gasteiger partial charge in [0.15, 0.2) is 0 Å². The van der Waals surface area contributed by atoms with Crippen LogP contribution in [0.4, 0.5) is 0 Å². The van der Waals surface area contributed by atoms with Gasteiger partial charge in [-0.3, -0.25) is 0 Å². The topological polar surface area (TPSA) is 52.6 Å². The molecule has 214 valence electrons. The van der Waals surface area contributed by atoms with Crippen LogP contribution in [0.25, 0.3) is 22.3 Å². The third-order valence-electron chi connectivity index (χ3n) is 9.33. The van der Waals surface area contributed by atoms with Gasteiger partial charge in [-0.05, 0) is 107 Å². The lowest BCUT2D eigenvalue weighted by molar-refractivity contribution is 0.0556. The van der Waals surface area contributed by atoms with Crippen molar-refractivity contribution in [3.8, 4) is 22.3 Å². The summed E-state index contributed by atoms with van der Waals surface area (Å²) in [5.41, 5.74) is 15.1. The Bertz CT molecular complexity index is 1560. The Hall–Kier alpha value is -4.18. The van der Waals surface area contributed by atoms with Gasteiger partial charge >= 0.3 is 11.9 Å². The first-order valence-corrected chi connectivity index (χ1v) is 15.2. The predicted octanol–water partition coefficient (Wildman–Crippen LogP) is 8.09. The summed E-state index contributed by atoms with van der Waals surface area (Å²) < 4.78 is 10.8. The maximum absolute atomic E-state index is 13.7. The number of esters is 2. The molecule has 6 rings (SSSR count). The lowest BCUT2D eigenvalue weighted by Gasteiger charge is -2.35. The monoisotopic (exact) mass is 558 g/mol. The van der Waals surface area contributed by atoms with Crippen LogP contribution in [0.15, 0.2) is 60.7 Å². The lowest BCUT2D eigenvalue weighted by Crippen LogP contribution is -2.24. The molecular weight excluding hydrogens is 520 g/mol. The van der Waals surface area contributed by atoms with Crippen molar-refractivity contribution < 1.29 is 19.1 Å². The van der Waals surface area contributed by atoms with Crippen molar-refractivity contribution in [1.82, 2.24) is 0 Å². The summed E-state index contributed by atoms with van der Waals surface area (Å²) in [6.07, 6.45) is 8.15. The number of ether oxygens (including phenoxy) is 2. The predicted molar refractivity (Wildman–Crippen MR) is 167 cm³/mol. The molecule has 4 nitrogen and oxygen atoms in total. The van der Waals surface area contributed by atoms with Crippen LogP contribution in [-0.2, 0) is 48.0 Å². The van der Waals surface area contributed by atoms with E-state index in [0.717, 1.165) is 59.1 Å². The minimum atomic E-state index is -0.532. The van der Waals surface area contributed by atoms with Crippen LogP contribution in [0.1, 0.15) is 91.9 Å². The fourth-order valence-electron chi connectivity index (χ4n) is 7.64. The van der Waals surface area contributed by atoms with E-state index in [2.05, 4.69) is 13.8 Å². The average molecular weight is 559 g/mol. The first kappa shape index (κ1) is 28.0. The Morgan fingerprint density at radius 2 is 0.952 bits per heavy atom. The zero-order valence-electron chi connectivity index (χ0n) is 25.1.